The van der Waals surface area contributed by atoms with Gasteiger partial charge in [-0.1, -0.05) is 55.5 Å². The summed E-state index contributed by atoms with van der Waals surface area (Å²) < 4.78 is 49.1. The van der Waals surface area contributed by atoms with Crippen molar-refractivity contribution >= 4 is 74.1 Å². The third-order valence-electron chi connectivity index (χ3n) is 8.27. The normalized spacial score (nSPS) is 21.7. The predicted molar refractivity (Wildman–Crippen MR) is 167 cm³/mol. The average Bonchev–Trinajstić information content (AvgIpc) is 3.64. The van der Waals surface area contributed by atoms with E-state index in [4.69, 9.17) is 0 Å². The van der Waals surface area contributed by atoms with Crippen LogP contribution >= 0.6 is 0 Å². The lowest BCUT2D eigenvalue weighted by Crippen LogP contribution is -2.39. The Hall–Kier alpha value is -4.87. The van der Waals surface area contributed by atoms with Gasteiger partial charge in [0, 0.05) is 28.4 Å². The van der Waals surface area contributed by atoms with Crippen molar-refractivity contribution in [3.63, 3.8) is 0 Å². The Morgan fingerprint density at radius 1 is 0.977 bits per heavy atom. The van der Waals surface area contributed by atoms with Crippen LogP contribution in [0.5, 0.6) is 0 Å². The molecular weight excluding hydrogens is 569 g/mol. The quantitative estimate of drug-likeness (QED) is 0.342. The molecule has 11 heteroatoms. The van der Waals surface area contributed by atoms with Gasteiger partial charge in [-0.25, -0.2) is 19.4 Å². The van der Waals surface area contributed by atoms with Gasteiger partial charge in [-0.2, -0.15) is 13.4 Å². The van der Waals surface area contributed by atoms with Gasteiger partial charge in [-0.15, -0.1) is 0 Å². The number of aromatic nitrogens is 1. The zero-order chi connectivity index (χ0) is 29.9. The Labute approximate surface area is 245 Å². The fraction of sp³-hybridized carbons (Fsp3) is 0.156. The first-order chi connectivity index (χ1) is 20.7. The van der Waals surface area contributed by atoms with Crippen LogP contribution < -0.4 is 10.4 Å². The highest BCUT2D eigenvalue weighted by atomic mass is 32.2. The van der Waals surface area contributed by atoms with Crippen molar-refractivity contribution < 1.29 is 22.2 Å². The van der Waals surface area contributed by atoms with Gasteiger partial charge in [0.1, 0.15) is 23.7 Å². The Kier molecular flexibility index (Phi) is 6.37. The van der Waals surface area contributed by atoms with E-state index in [0.29, 0.717) is 16.9 Å². The van der Waals surface area contributed by atoms with E-state index in [1.54, 1.807) is 12.1 Å². The molecule has 3 atom stereocenters. The zero-order valence-corrected chi connectivity index (χ0v) is 23.6. The van der Waals surface area contributed by atoms with Crippen LogP contribution in [0.25, 0.3) is 33.8 Å². The maximum Gasteiger partial charge on any atom is 0.301 e. The molecule has 1 aromatic heterocycles. The number of fused-ring (bicyclic) bond motifs is 7. The van der Waals surface area contributed by atoms with E-state index >= 15 is 0 Å². The Morgan fingerprint density at radius 2 is 1.77 bits per heavy atom. The molecule has 8 rings (SSSR count). The van der Waals surface area contributed by atoms with Crippen molar-refractivity contribution in [3.8, 4) is 0 Å². The monoisotopic (exact) mass is 593 g/mol. The second-order valence-corrected chi connectivity index (χ2v) is 12.3. The molecule has 4 aliphatic rings. The minimum Gasteiger partial charge on any atom is -0.358 e. The van der Waals surface area contributed by atoms with Crippen LogP contribution in [0.1, 0.15) is 35.6 Å². The number of hydrogen-bond donors (Lipinski definition) is 2. The van der Waals surface area contributed by atoms with Crippen molar-refractivity contribution in [2.45, 2.75) is 30.4 Å². The fourth-order valence-electron chi connectivity index (χ4n) is 6.31. The number of aliphatic imine (C=N–C) groups is 4. The first-order valence-electron chi connectivity index (χ1n) is 13.6. The van der Waals surface area contributed by atoms with E-state index in [1.165, 1.54) is 35.6 Å². The van der Waals surface area contributed by atoms with Crippen LogP contribution in [-0.4, -0.2) is 53.3 Å². The molecule has 0 spiro atoms. The summed E-state index contributed by atoms with van der Waals surface area (Å²) in [6, 6.07) is 14.5. The Bertz CT molecular complexity index is 2260. The topological polar surface area (TPSA) is 137 Å². The van der Waals surface area contributed by atoms with Gasteiger partial charge in [0.15, 0.2) is 11.5 Å². The molecule has 2 aliphatic heterocycles. The van der Waals surface area contributed by atoms with E-state index in [1.807, 2.05) is 19.1 Å². The Morgan fingerprint density at radius 3 is 2.58 bits per heavy atom. The number of amides is 1. The van der Waals surface area contributed by atoms with Crippen LogP contribution in [0.4, 0.5) is 4.39 Å². The molecule has 1 amide bonds. The van der Waals surface area contributed by atoms with E-state index in [0.717, 1.165) is 33.5 Å². The number of aromatic amines is 1. The first kappa shape index (κ1) is 27.0. The maximum atomic E-state index is 13.8. The number of nitrogens with zero attached hydrogens (tertiary/aromatic N) is 4. The highest BCUT2D eigenvalue weighted by Crippen LogP contribution is 2.39. The second-order valence-electron chi connectivity index (χ2n) is 10.7. The molecule has 43 heavy (non-hydrogen) atoms. The van der Waals surface area contributed by atoms with Crippen molar-refractivity contribution in [3.05, 3.63) is 93.8 Å². The van der Waals surface area contributed by atoms with Gasteiger partial charge >= 0.3 is 5.91 Å². The van der Waals surface area contributed by atoms with Crippen LogP contribution in [0.2, 0.25) is 0 Å². The number of carbonyl (C=O) groups is 1. The fourth-order valence-corrected chi connectivity index (χ4v) is 7.57. The van der Waals surface area contributed by atoms with Crippen LogP contribution in [0, 0.1) is 5.82 Å². The lowest BCUT2D eigenvalue weighted by Gasteiger charge is -2.32. The number of hydrogen-bond acceptors (Lipinski definition) is 6. The van der Waals surface area contributed by atoms with Crippen molar-refractivity contribution in [1.82, 2.24) is 4.98 Å². The molecule has 0 fully saturated rings. The molecule has 9 nitrogen and oxygen atoms in total. The second kappa shape index (κ2) is 10.1. The van der Waals surface area contributed by atoms with Crippen LogP contribution in [0.3, 0.4) is 0 Å². The molecule has 214 valence electrons. The standard InChI is InChI=1S/C27H22FNO3S.C5H2N4O/c1-15-19-9-10-21-20-5-3-2-4-16(20)6-8-22(21)23(19)14-24(27(15)33(30,31)32)26-13-17-12-18(28)7-11-25(17)29-26;10-5-3-4(7-1-6-3)8-2-9-5/h2-3,5-15,24,27,29H,4H2,1H3,(H,30,31,32);1-2H. The summed E-state index contributed by atoms with van der Waals surface area (Å²) in [4.78, 5) is 28.6. The van der Waals surface area contributed by atoms with Crippen LogP contribution in [-0.2, 0) is 21.3 Å². The smallest absolute Gasteiger partial charge is 0.301 e. The molecule has 0 radical (unpaired) electrons. The third kappa shape index (κ3) is 4.66. The van der Waals surface area contributed by atoms with Gasteiger partial charge < -0.3 is 4.98 Å². The molecule has 0 saturated carbocycles. The molecule has 0 saturated heterocycles. The van der Waals surface area contributed by atoms with E-state index < -0.39 is 27.2 Å². The number of H-pyrrole nitrogens is 1. The lowest BCUT2D eigenvalue weighted by molar-refractivity contribution is -0.111. The van der Waals surface area contributed by atoms with Gasteiger partial charge in [-0.3, -0.25) is 9.35 Å². The SMILES string of the molecule is CC1c2ccc3c4c(ccc3c2=CC(c2cc3cc(F)ccc3[nH]2)C1S(=O)(=O)O)CC=CC=4.O=C1N=CN=C2N=CN=C12. The van der Waals surface area contributed by atoms with Gasteiger partial charge in [0.25, 0.3) is 10.1 Å². The van der Waals surface area contributed by atoms with Gasteiger partial charge in [0.05, 0.1) is 0 Å². The maximum absolute atomic E-state index is 13.8. The van der Waals surface area contributed by atoms with Crippen molar-refractivity contribution in [2.75, 3.05) is 0 Å². The predicted octanol–water partition coefficient (Wildman–Crippen LogP) is 3.73. The molecular formula is C32H24FN5O4S. The molecule has 0 bridgehead atoms. The zero-order valence-electron chi connectivity index (χ0n) is 22.8. The van der Waals surface area contributed by atoms with E-state index in [2.05, 4.69) is 61.4 Å². The summed E-state index contributed by atoms with van der Waals surface area (Å²) >= 11 is 0. The van der Waals surface area contributed by atoms with Gasteiger partial charge in [-0.05, 0) is 63.0 Å². The number of allylic oxidation sites excluding steroid dienone is 2. The van der Waals surface area contributed by atoms with Gasteiger partial charge in [0.2, 0.25) is 0 Å². The minimum absolute atomic E-state index is 0.238. The summed E-state index contributed by atoms with van der Waals surface area (Å²) in [6.07, 6.45) is 11.6. The van der Waals surface area contributed by atoms with E-state index in [-0.39, 0.29) is 17.4 Å². The summed E-state index contributed by atoms with van der Waals surface area (Å²) in [5.41, 5.74) is 3.76. The number of benzene rings is 3. The highest BCUT2D eigenvalue weighted by molar-refractivity contribution is 7.86. The number of halogens is 1. The number of rotatable bonds is 2. The third-order valence-corrected chi connectivity index (χ3v) is 9.66. The van der Waals surface area contributed by atoms with Crippen LogP contribution in [0.15, 0.2) is 80.7 Å². The Balaban J connectivity index is 0.000000253. The largest absolute Gasteiger partial charge is 0.358 e. The molecule has 3 unspecified atom stereocenters. The molecule has 3 heterocycles. The number of amidine groups is 1. The average molecular weight is 594 g/mol. The summed E-state index contributed by atoms with van der Waals surface area (Å²) in [5.74, 6) is -1.41. The highest BCUT2D eigenvalue weighted by Gasteiger charge is 2.41. The van der Waals surface area contributed by atoms with Crippen molar-refractivity contribution in [1.29, 1.82) is 0 Å². The van der Waals surface area contributed by atoms with Crippen molar-refractivity contribution in [2.24, 2.45) is 20.0 Å². The summed E-state index contributed by atoms with van der Waals surface area (Å²) in [7, 11) is -4.37. The minimum atomic E-state index is -4.37. The molecule has 2 N–H and O–H groups in total. The lowest BCUT2D eigenvalue weighted by atomic mass is 9.79. The summed E-state index contributed by atoms with van der Waals surface area (Å²) in [6.45, 7) is 1.85. The number of nitrogens with one attached hydrogen (secondary N) is 1. The number of carbonyl (C=O) groups excluding carboxylic acids is 1. The first-order valence-corrected chi connectivity index (χ1v) is 15.1. The summed E-state index contributed by atoms with van der Waals surface area (Å²) in [5, 5.41) is 3.98. The molecule has 4 aromatic rings. The molecule has 3 aromatic carbocycles. The molecule has 2 aliphatic carbocycles. The van der Waals surface area contributed by atoms with E-state index in [9.17, 15) is 22.2 Å².